The molecule has 0 saturated heterocycles. The fourth-order valence-electron chi connectivity index (χ4n) is 2.27. The van der Waals surface area contributed by atoms with E-state index in [4.69, 9.17) is 4.74 Å². The highest BCUT2D eigenvalue weighted by Gasteiger charge is 2.08. The average molecular weight is 282 g/mol. The minimum atomic E-state index is 0.700. The lowest BCUT2D eigenvalue weighted by Crippen LogP contribution is -2.18. The number of rotatable bonds is 6. The molecule has 0 radical (unpaired) electrons. The van der Waals surface area contributed by atoms with Crippen molar-refractivity contribution >= 4 is 10.8 Å². The predicted octanol–water partition coefficient (Wildman–Crippen LogP) is 2.36. The molecule has 0 bridgehead atoms. The number of imidazole rings is 1. The van der Waals surface area contributed by atoms with Crippen LogP contribution in [0.4, 0.5) is 0 Å². The Labute approximate surface area is 123 Å². The molecule has 0 atom stereocenters. The Morgan fingerprint density at radius 2 is 2.10 bits per heavy atom. The van der Waals surface area contributed by atoms with E-state index in [-0.39, 0.29) is 0 Å². The molecule has 0 spiro atoms. The molecule has 1 aromatic carbocycles. The summed E-state index contributed by atoms with van der Waals surface area (Å²) in [5.74, 6) is 0.801. The third-order valence-electron chi connectivity index (χ3n) is 3.32. The zero-order valence-corrected chi connectivity index (χ0v) is 12.0. The fraction of sp³-hybridized carbons (Fsp3) is 0.250. The van der Waals surface area contributed by atoms with Gasteiger partial charge in [0.2, 0.25) is 0 Å². The van der Waals surface area contributed by atoms with Gasteiger partial charge in [0.1, 0.15) is 5.69 Å². The molecule has 108 valence electrons. The molecule has 3 aromatic rings. The summed E-state index contributed by atoms with van der Waals surface area (Å²) in [7, 11) is 1.70. The van der Waals surface area contributed by atoms with Crippen LogP contribution in [0.15, 0.2) is 42.7 Å². The van der Waals surface area contributed by atoms with Crippen LogP contribution in [0.25, 0.3) is 22.3 Å². The van der Waals surface area contributed by atoms with E-state index in [1.54, 1.807) is 7.11 Å². The number of nitrogens with one attached hydrogen (secondary N) is 2. The highest BCUT2D eigenvalue weighted by molar-refractivity contribution is 5.92. The SMILES string of the molecule is COCCNCc1cnc(-c2nccc3ccccc23)[nH]1. The van der Waals surface area contributed by atoms with Crippen molar-refractivity contribution in [2.24, 2.45) is 0 Å². The molecule has 0 amide bonds. The number of benzene rings is 1. The van der Waals surface area contributed by atoms with Crippen LogP contribution in [0.5, 0.6) is 0 Å². The van der Waals surface area contributed by atoms with Gasteiger partial charge in [-0.15, -0.1) is 0 Å². The Bertz CT molecular complexity index is 718. The van der Waals surface area contributed by atoms with Gasteiger partial charge in [-0.05, 0) is 11.5 Å². The molecule has 0 aliphatic carbocycles. The zero-order valence-electron chi connectivity index (χ0n) is 12.0. The molecule has 2 aromatic heterocycles. The van der Waals surface area contributed by atoms with E-state index in [9.17, 15) is 0 Å². The first-order chi connectivity index (χ1) is 10.4. The molecule has 2 heterocycles. The standard InChI is InChI=1S/C16H18N4O/c1-21-9-8-17-10-13-11-19-16(20-13)15-14-5-3-2-4-12(14)6-7-18-15/h2-7,11,17H,8-10H2,1H3,(H,19,20). The van der Waals surface area contributed by atoms with Crippen LogP contribution in [-0.2, 0) is 11.3 Å². The van der Waals surface area contributed by atoms with Crippen LogP contribution in [0.3, 0.4) is 0 Å². The Morgan fingerprint density at radius 3 is 3.00 bits per heavy atom. The Kier molecular flexibility index (Phi) is 4.23. The van der Waals surface area contributed by atoms with Gasteiger partial charge in [0, 0.05) is 37.5 Å². The van der Waals surface area contributed by atoms with E-state index in [1.807, 2.05) is 30.6 Å². The number of aromatic amines is 1. The van der Waals surface area contributed by atoms with Gasteiger partial charge < -0.3 is 15.0 Å². The van der Waals surface area contributed by atoms with Crippen molar-refractivity contribution in [3.05, 3.63) is 48.4 Å². The predicted molar refractivity (Wildman–Crippen MR) is 82.9 cm³/mol. The first kappa shape index (κ1) is 13.7. The van der Waals surface area contributed by atoms with Gasteiger partial charge in [-0.1, -0.05) is 24.3 Å². The topological polar surface area (TPSA) is 62.8 Å². The van der Waals surface area contributed by atoms with Gasteiger partial charge in [-0.3, -0.25) is 4.98 Å². The molecule has 3 rings (SSSR count). The number of aromatic nitrogens is 3. The average Bonchev–Trinajstić information content (AvgIpc) is 3.00. The molecule has 21 heavy (non-hydrogen) atoms. The first-order valence-electron chi connectivity index (χ1n) is 6.96. The van der Waals surface area contributed by atoms with Crippen LogP contribution >= 0.6 is 0 Å². The van der Waals surface area contributed by atoms with Crippen LogP contribution in [0, 0.1) is 0 Å². The second-order valence-electron chi connectivity index (χ2n) is 4.81. The molecule has 0 aliphatic rings. The third kappa shape index (κ3) is 3.09. The molecule has 5 heteroatoms. The summed E-state index contributed by atoms with van der Waals surface area (Å²) < 4.78 is 5.00. The fourth-order valence-corrected chi connectivity index (χ4v) is 2.27. The molecule has 0 fully saturated rings. The zero-order chi connectivity index (χ0) is 14.5. The van der Waals surface area contributed by atoms with Crippen LogP contribution in [0.2, 0.25) is 0 Å². The van der Waals surface area contributed by atoms with Crippen molar-refractivity contribution in [1.82, 2.24) is 20.3 Å². The van der Waals surface area contributed by atoms with E-state index >= 15 is 0 Å². The summed E-state index contributed by atoms with van der Waals surface area (Å²) in [6, 6.07) is 10.2. The maximum Gasteiger partial charge on any atom is 0.156 e. The lowest BCUT2D eigenvalue weighted by atomic mass is 10.1. The molecule has 0 saturated carbocycles. The quantitative estimate of drug-likeness (QED) is 0.681. The molecular weight excluding hydrogens is 264 g/mol. The van der Waals surface area contributed by atoms with Gasteiger partial charge in [0.05, 0.1) is 12.8 Å². The van der Waals surface area contributed by atoms with E-state index in [2.05, 4.69) is 32.4 Å². The highest BCUT2D eigenvalue weighted by atomic mass is 16.5. The molecule has 0 aliphatic heterocycles. The molecule has 5 nitrogen and oxygen atoms in total. The van der Waals surface area contributed by atoms with Crippen molar-refractivity contribution < 1.29 is 4.74 Å². The van der Waals surface area contributed by atoms with Crippen LogP contribution < -0.4 is 5.32 Å². The summed E-state index contributed by atoms with van der Waals surface area (Å²) in [4.78, 5) is 12.2. The summed E-state index contributed by atoms with van der Waals surface area (Å²) in [5, 5.41) is 5.56. The molecule has 2 N–H and O–H groups in total. The number of fused-ring (bicyclic) bond motifs is 1. The Balaban J connectivity index is 1.81. The van der Waals surface area contributed by atoms with E-state index in [0.717, 1.165) is 35.7 Å². The number of hydrogen-bond acceptors (Lipinski definition) is 4. The number of ether oxygens (including phenoxy) is 1. The summed E-state index contributed by atoms with van der Waals surface area (Å²) in [5.41, 5.74) is 1.92. The van der Waals surface area contributed by atoms with Crippen molar-refractivity contribution in [2.45, 2.75) is 6.54 Å². The lowest BCUT2D eigenvalue weighted by molar-refractivity contribution is 0.199. The van der Waals surface area contributed by atoms with E-state index in [1.165, 1.54) is 5.39 Å². The van der Waals surface area contributed by atoms with Gasteiger partial charge in [-0.25, -0.2) is 4.98 Å². The second-order valence-corrected chi connectivity index (χ2v) is 4.81. The number of hydrogen-bond donors (Lipinski definition) is 2. The number of nitrogens with zero attached hydrogens (tertiary/aromatic N) is 2. The van der Waals surface area contributed by atoms with Crippen molar-refractivity contribution in [3.8, 4) is 11.5 Å². The van der Waals surface area contributed by atoms with Crippen molar-refractivity contribution in [1.29, 1.82) is 0 Å². The van der Waals surface area contributed by atoms with Gasteiger partial charge in [0.25, 0.3) is 0 Å². The molecular formula is C16H18N4O. The smallest absolute Gasteiger partial charge is 0.156 e. The summed E-state index contributed by atoms with van der Waals surface area (Å²) in [6.45, 7) is 2.25. The second kappa shape index (κ2) is 6.47. The van der Waals surface area contributed by atoms with E-state index < -0.39 is 0 Å². The maximum atomic E-state index is 5.00. The van der Waals surface area contributed by atoms with Crippen molar-refractivity contribution in [3.63, 3.8) is 0 Å². The number of pyridine rings is 1. The summed E-state index contributed by atoms with van der Waals surface area (Å²) >= 11 is 0. The van der Waals surface area contributed by atoms with Crippen LogP contribution in [-0.4, -0.2) is 35.2 Å². The monoisotopic (exact) mass is 282 g/mol. The normalized spacial score (nSPS) is 11.1. The number of H-pyrrole nitrogens is 1. The largest absolute Gasteiger partial charge is 0.383 e. The third-order valence-corrected chi connectivity index (χ3v) is 3.32. The van der Waals surface area contributed by atoms with Crippen LogP contribution in [0.1, 0.15) is 5.69 Å². The highest BCUT2D eigenvalue weighted by Crippen LogP contribution is 2.23. The van der Waals surface area contributed by atoms with Crippen molar-refractivity contribution in [2.75, 3.05) is 20.3 Å². The van der Waals surface area contributed by atoms with E-state index in [0.29, 0.717) is 6.61 Å². The maximum absolute atomic E-state index is 5.00. The van der Waals surface area contributed by atoms with Gasteiger partial charge in [-0.2, -0.15) is 0 Å². The van der Waals surface area contributed by atoms with Gasteiger partial charge >= 0.3 is 0 Å². The molecule has 0 unspecified atom stereocenters. The minimum Gasteiger partial charge on any atom is -0.383 e. The lowest BCUT2D eigenvalue weighted by Gasteiger charge is -2.03. The van der Waals surface area contributed by atoms with Gasteiger partial charge in [0.15, 0.2) is 5.82 Å². The first-order valence-corrected chi connectivity index (χ1v) is 6.96. The minimum absolute atomic E-state index is 0.700. The Morgan fingerprint density at radius 1 is 1.19 bits per heavy atom. The number of methoxy groups -OCH3 is 1. The Hall–Kier alpha value is -2.24. The summed E-state index contributed by atoms with van der Waals surface area (Å²) in [6.07, 6.45) is 3.66.